The van der Waals surface area contributed by atoms with Crippen LogP contribution in [-0.4, -0.2) is 0 Å². The standard InChI is InChI=1S/C16H34/c1-6-16(7-2)13-9-12-15(5)11-8-10-14(3)4/h14-16H,6-13H2,1-5H3. The fourth-order valence-electron chi connectivity index (χ4n) is 2.47. The molecule has 0 heteroatoms. The average molecular weight is 226 g/mol. The second-order valence-electron chi connectivity index (χ2n) is 6.04. The Kier molecular flexibility index (Phi) is 10.2. The molecule has 0 aromatic carbocycles. The summed E-state index contributed by atoms with van der Waals surface area (Å²) in [4.78, 5) is 0. The third-order valence-corrected chi connectivity index (χ3v) is 3.94. The van der Waals surface area contributed by atoms with Crippen LogP contribution >= 0.6 is 0 Å². The predicted molar refractivity (Wildman–Crippen MR) is 75.8 cm³/mol. The maximum Gasteiger partial charge on any atom is -0.0420 e. The van der Waals surface area contributed by atoms with Gasteiger partial charge in [-0.3, -0.25) is 0 Å². The summed E-state index contributed by atoms with van der Waals surface area (Å²) in [5.74, 6) is 2.83. The van der Waals surface area contributed by atoms with Gasteiger partial charge in [-0.05, 0) is 17.8 Å². The van der Waals surface area contributed by atoms with Crippen molar-refractivity contribution in [3.8, 4) is 0 Å². The van der Waals surface area contributed by atoms with Crippen LogP contribution in [-0.2, 0) is 0 Å². The summed E-state index contributed by atoms with van der Waals surface area (Å²) in [5, 5.41) is 0. The van der Waals surface area contributed by atoms with Crippen LogP contribution < -0.4 is 0 Å². The molecule has 98 valence electrons. The van der Waals surface area contributed by atoms with E-state index in [2.05, 4.69) is 34.6 Å². The van der Waals surface area contributed by atoms with E-state index in [0.717, 1.165) is 17.8 Å². The van der Waals surface area contributed by atoms with Gasteiger partial charge in [0, 0.05) is 0 Å². The summed E-state index contributed by atoms with van der Waals surface area (Å²) in [6.07, 6.45) is 11.4. The quantitative estimate of drug-likeness (QED) is 0.425. The van der Waals surface area contributed by atoms with Crippen molar-refractivity contribution in [3.05, 3.63) is 0 Å². The highest BCUT2D eigenvalue weighted by Gasteiger charge is 2.06. The van der Waals surface area contributed by atoms with Crippen LogP contribution in [0.1, 0.15) is 86.0 Å². The molecule has 0 amide bonds. The molecule has 0 fully saturated rings. The van der Waals surface area contributed by atoms with E-state index >= 15 is 0 Å². The van der Waals surface area contributed by atoms with Crippen molar-refractivity contribution in [1.82, 2.24) is 0 Å². The van der Waals surface area contributed by atoms with E-state index in [4.69, 9.17) is 0 Å². The van der Waals surface area contributed by atoms with E-state index < -0.39 is 0 Å². The zero-order valence-corrected chi connectivity index (χ0v) is 12.4. The Bertz CT molecular complexity index is 133. The van der Waals surface area contributed by atoms with Gasteiger partial charge in [-0.1, -0.05) is 86.0 Å². The lowest BCUT2D eigenvalue weighted by atomic mass is 9.91. The maximum absolute atomic E-state index is 2.44. The molecule has 0 aliphatic heterocycles. The first-order valence-corrected chi connectivity index (χ1v) is 7.60. The molecule has 0 aromatic heterocycles. The molecular formula is C16H34. The Morgan fingerprint density at radius 2 is 1.19 bits per heavy atom. The minimum atomic E-state index is 0.886. The highest BCUT2D eigenvalue weighted by molar-refractivity contribution is 4.59. The van der Waals surface area contributed by atoms with Gasteiger partial charge in [0.1, 0.15) is 0 Å². The third-order valence-electron chi connectivity index (χ3n) is 3.94. The Hall–Kier alpha value is 0. The van der Waals surface area contributed by atoms with Crippen LogP contribution in [0.3, 0.4) is 0 Å². The molecule has 0 aliphatic rings. The van der Waals surface area contributed by atoms with Crippen molar-refractivity contribution >= 4 is 0 Å². The molecule has 0 aliphatic carbocycles. The molecule has 0 spiro atoms. The highest BCUT2D eigenvalue weighted by atomic mass is 14.1. The summed E-state index contributed by atoms with van der Waals surface area (Å²) >= 11 is 0. The Labute approximate surface area is 104 Å². The van der Waals surface area contributed by atoms with E-state index in [-0.39, 0.29) is 0 Å². The van der Waals surface area contributed by atoms with Crippen molar-refractivity contribution < 1.29 is 0 Å². The van der Waals surface area contributed by atoms with Gasteiger partial charge in [0.05, 0.1) is 0 Å². The molecule has 0 N–H and O–H groups in total. The Morgan fingerprint density at radius 1 is 0.688 bits per heavy atom. The van der Waals surface area contributed by atoms with Gasteiger partial charge in [-0.15, -0.1) is 0 Å². The molecular weight excluding hydrogens is 192 g/mol. The number of hydrogen-bond acceptors (Lipinski definition) is 0. The molecule has 1 unspecified atom stereocenters. The van der Waals surface area contributed by atoms with Crippen molar-refractivity contribution in [1.29, 1.82) is 0 Å². The van der Waals surface area contributed by atoms with Gasteiger partial charge in [0.2, 0.25) is 0 Å². The van der Waals surface area contributed by atoms with E-state index in [1.165, 1.54) is 51.4 Å². The minimum Gasteiger partial charge on any atom is -0.0651 e. The van der Waals surface area contributed by atoms with Crippen LogP contribution in [0, 0.1) is 17.8 Å². The first-order valence-electron chi connectivity index (χ1n) is 7.60. The van der Waals surface area contributed by atoms with Crippen LogP contribution in [0.2, 0.25) is 0 Å². The minimum absolute atomic E-state index is 0.886. The molecule has 0 heterocycles. The topological polar surface area (TPSA) is 0 Å². The first-order chi connectivity index (χ1) is 7.60. The molecule has 1 atom stereocenters. The average Bonchev–Trinajstić information content (AvgIpc) is 2.24. The van der Waals surface area contributed by atoms with E-state index in [1.54, 1.807) is 0 Å². The van der Waals surface area contributed by atoms with Crippen LogP contribution in [0.15, 0.2) is 0 Å². The van der Waals surface area contributed by atoms with E-state index in [9.17, 15) is 0 Å². The van der Waals surface area contributed by atoms with Gasteiger partial charge in [0.15, 0.2) is 0 Å². The fourth-order valence-corrected chi connectivity index (χ4v) is 2.47. The van der Waals surface area contributed by atoms with Crippen molar-refractivity contribution in [2.24, 2.45) is 17.8 Å². The molecule has 0 radical (unpaired) electrons. The summed E-state index contributed by atoms with van der Waals surface area (Å²) in [6, 6.07) is 0. The summed E-state index contributed by atoms with van der Waals surface area (Å²) in [6.45, 7) is 11.8. The normalized spacial score (nSPS) is 13.7. The van der Waals surface area contributed by atoms with E-state index in [0.29, 0.717) is 0 Å². The van der Waals surface area contributed by atoms with Crippen LogP contribution in [0.25, 0.3) is 0 Å². The largest absolute Gasteiger partial charge is 0.0651 e. The Balaban J connectivity index is 3.39. The van der Waals surface area contributed by atoms with Crippen molar-refractivity contribution in [2.75, 3.05) is 0 Å². The molecule has 0 saturated carbocycles. The Morgan fingerprint density at radius 3 is 1.62 bits per heavy atom. The highest BCUT2D eigenvalue weighted by Crippen LogP contribution is 2.21. The maximum atomic E-state index is 2.44. The summed E-state index contributed by atoms with van der Waals surface area (Å²) in [7, 11) is 0. The molecule has 0 bridgehead atoms. The van der Waals surface area contributed by atoms with Gasteiger partial charge >= 0.3 is 0 Å². The lowest BCUT2D eigenvalue weighted by Gasteiger charge is -2.15. The molecule has 0 nitrogen and oxygen atoms in total. The van der Waals surface area contributed by atoms with Gasteiger partial charge in [0.25, 0.3) is 0 Å². The summed E-state index contributed by atoms with van der Waals surface area (Å²) in [5.41, 5.74) is 0. The second-order valence-corrected chi connectivity index (χ2v) is 6.04. The zero-order chi connectivity index (χ0) is 12.4. The van der Waals surface area contributed by atoms with Gasteiger partial charge in [-0.2, -0.15) is 0 Å². The lowest BCUT2D eigenvalue weighted by molar-refractivity contribution is 0.380. The zero-order valence-electron chi connectivity index (χ0n) is 12.4. The first kappa shape index (κ1) is 16.0. The number of rotatable bonds is 10. The third kappa shape index (κ3) is 9.24. The monoisotopic (exact) mass is 226 g/mol. The van der Waals surface area contributed by atoms with Crippen LogP contribution in [0.5, 0.6) is 0 Å². The van der Waals surface area contributed by atoms with Crippen molar-refractivity contribution in [2.45, 2.75) is 86.0 Å². The molecule has 16 heavy (non-hydrogen) atoms. The van der Waals surface area contributed by atoms with Gasteiger partial charge < -0.3 is 0 Å². The number of hydrogen-bond donors (Lipinski definition) is 0. The predicted octanol–water partition coefficient (Wildman–Crippen LogP) is 6.06. The SMILES string of the molecule is CCC(CC)CCCC(C)CCCC(C)C. The fraction of sp³-hybridized carbons (Fsp3) is 1.00. The van der Waals surface area contributed by atoms with Crippen molar-refractivity contribution in [3.63, 3.8) is 0 Å². The van der Waals surface area contributed by atoms with E-state index in [1.807, 2.05) is 0 Å². The lowest BCUT2D eigenvalue weighted by Crippen LogP contribution is -2.00. The molecule has 0 rings (SSSR count). The van der Waals surface area contributed by atoms with Gasteiger partial charge in [-0.25, -0.2) is 0 Å². The summed E-state index contributed by atoms with van der Waals surface area (Å²) < 4.78 is 0. The molecule has 0 saturated heterocycles. The smallest absolute Gasteiger partial charge is 0.0420 e. The molecule has 0 aromatic rings. The van der Waals surface area contributed by atoms with Crippen LogP contribution in [0.4, 0.5) is 0 Å². The second kappa shape index (κ2) is 10.2.